The normalized spacial score (nSPS) is 28.6. The molecule has 1 amide bonds. The molecule has 0 aliphatic carbocycles. The van der Waals surface area contributed by atoms with Crippen molar-refractivity contribution in [3.05, 3.63) is 0 Å². The highest BCUT2D eigenvalue weighted by molar-refractivity contribution is 7.90. The van der Waals surface area contributed by atoms with Crippen LogP contribution in [0, 0.1) is 0 Å². The van der Waals surface area contributed by atoms with Crippen molar-refractivity contribution < 1.29 is 17.9 Å². The SMILES string of the molecule is CC(C)(C)OC(=O)N1CCC[C@H](N2CCC(C)(C)S2(=O)=O)C1. The standard InChI is InChI=1S/C15H28N2O4S/c1-14(2,3)21-13(18)16-9-6-7-12(11-16)17-10-8-15(4,5)22(17,19)20/h12H,6-11H2,1-5H3/t12-/m0/s1. The predicted molar refractivity (Wildman–Crippen MR) is 85.2 cm³/mol. The first kappa shape index (κ1) is 17.5. The molecule has 2 saturated heterocycles. The molecule has 2 aliphatic heterocycles. The number of ether oxygens (including phenoxy) is 1. The maximum absolute atomic E-state index is 12.6. The van der Waals surface area contributed by atoms with Gasteiger partial charge in [0.15, 0.2) is 0 Å². The van der Waals surface area contributed by atoms with Crippen LogP contribution in [0.1, 0.15) is 53.9 Å². The first-order chi connectivity index (χ1) is 9.94. The van der Waals surface area contributed by atoms with E-state index in [1.54, 1.807) is 23.1 Å². The maximum Gasteiger partial charge on any atom is 0.410 e. The molecule has 0 bridgehead atoms. The lowest BCUT2D eigenvalue weighted by Crippen LogP contribution is -2.52. The summed E-state index contributed by atoms with van der Waals surface area (Å²) in [5.74, 6) is 0. The minimum Gasteiger partial charge on any atom is -0.444 e. The first-order valence-electron chi connectivity index (χ1n) is 7.93. The van der Waals surface area contributed by atoms with Crippen LogP contribution in [0.25, 0.3) is 0 Å². The summed E-state index contributed by atoms with van der Waals surface area (Å²) >= 11 is 0. The van der Waals surface area contributed by atoms with E-state index in [-0.39, 0.29) is 12.1 Å². The van der Waals surface area contributed by atoms with Gasteiger partial charge in [-0.05, 0) is 53.9 Å². The molecule has 0 aromatic rings. The van der Waals surface area contributed by atoms with Gasteiger partial charge in [0.25, 0.3) is 0 Å². The van der Waals surface area contributed by atoms with Gasteiger partial charge in [0.1, 0.15) is 5.60 Å². The van der Waals surface area contributed by atoms with Crippen LogP contribution in [-0.4, -0.2) is 59.7 Å². The largest absolute Gasteiger partial charge is 0.444 e. The Morgan fingerprint density at radius 3 is 2.36 bits per heavy atom. The van der Waals surface area contributed by atoms with Crippen LogP contribution in [-0.2, 0) is 14.8 Å². The number of hydrogen-bond donors (Lipinski definition) is 0. The average molecular weight is 332 g/mol. The van der Waals surface area contributed by atoms with E-state index in [9.17, 15) is 13.2 Å². The number of piperidine rings is 1. The third-order valence-electron chi connectivity index (χ3n) is 4.40. The lowest BCUT2D eigenvalue weighted by atomic mass is 10.1. The molecule has 0 unspecified atom stereocenters. The number of rotatable bonds is 1. The minimum atomic E-state index is -3.29. The first-order valence-corrected chi connectivity index (χ1v) is 9.37. The maximum atomic E-state index is 12.6. The summed E-state index contributed by atoms with van der Waals surface area (Å²) in [5, 5.41) is 0. The van der Waals surface area contributed by atoms with Gasteiger partial charge in [0.2, 0.25) is 10.0 Å². The zero-order valence-electron chi connectivity index (χ0n) is 14.3. The Balaban J connectivity index is 2.07. The predicted octanol–water partition coefficient (Wildman–Crippen LogP) is 2.20. The highest BCUT2D eigenvalue weighted by Gasteiger charge is 2.49. The number of amides is 1. The number of nitrogens with zero attached hydrogens (tertiary/aromatic N) is 2. The fourth-order valence-corrected chi connectivity index (χ4v) is 4.89. The van der Waals surface area contributed by atoms with Crippen LogP contribution in [0.3, 0.4) is 0 Å². The molecule has 6 nitrogen and oxygen atoms in total. The van der Waals surface area contributed by atoms with Crippen molar-refractivity contribution in [3.63, 3.8) is 0 Å². The average Bonchev–Trinajstić information content (AvgIpc) is 2.57. The van der Waals surface area contributed by atoms with E-state index >= 15 is 0 Å². The topological polar surface area (TPSA) is 66.9 Å². The third kappa shape index (κ3) is 3.40. The Hall–Kier alpha value is -0.820. The second-order valence-corrected chi connectivity index (χ2v) is 10.4. The highest BCUT2D eigenvalue weighted by Crippen LogP contribution is 2.35. The second kappa shape index (κ2) is 5.67. The Morgan fingerprint density at radius 2 is 1.86 bits per heavy atom. The molecule has 0 N–H and O–H groups in total. The van der Waals surface area contributed by atoms with Crippen molar-refractivity contribution in [1.29, 1.82) is 0 Å². The monoisotopic (exact) mass is 332 g/mol. The van der Waals surface area contributed by atoms with Crippen LogP contribution >= 0.6 is 0 Å². The fourth-order valence-electron chi connectivity index (χ4n) is 3.01. The van der Waals surface area contributed by atoms with E-state index in [1.165, 1.54) is 0 Å². The van der Waals surface area contributed by atoms with Gasteiger partial charge in [-0.25, -0.2) is 13.2 Å². The molecule has 1 atom stereocenters. The molecule has 2 heterocycles. The second-order valence-electron chi connectivity index (χ2n) is 7.85. The third-order valence-corrected chi connectivity index (χ3v) is 7.10. The number of carbonyl (C=O) groups is 1. The van der Waals surface area contributed by atoms with E-state index in [4.69, 9.17) is 4.74 Å². The van der Waals surface area contributed by atoms with Crippen LogP contribution < -0.4 is 0 Å². The molecule has 2 rings (SSSR count). The molecule has 0 radical (unpaired) electrons. The summed E-state index contributed by atoms with van der Waals surface area (Å²) in [7, 11) is -3.29. The van der Waals surface area contributed by atoms with Crippen molar-refractivity contribution in [3.8, 4) is 0 Å². The minimum absolute atomic E-state index is 0.131. The van der Waals surface area contributed by atoms with Crippen LogP contribution in [0.5, 0.6) is 0 Å². The summed E-state index contributed by atoms with van der Waals surface area (Å²) in [4.78, 5) is 13.8. The molecule has 2 fully saturated rings. The van der Waals surface area contributed by atoms with Gasteiger partial charge < -0.3 is 9.64 Å². The van der Waals surface area contributed by atoms with Gasteiger partial charge in [-0.3, -0.25) is 0 Å². The van der Waals surface area contributed by atoms with E-state index in [1.807, 2.05) is 20.8 Å². The van der Waals surface area contributed by atoms with Crippen molar-refractivity contribution in [2.24, 2.45) is 0 Å². The molecule has 128 valence electrons. The van der Waals surface area contributed by atoms with Crippen LogP contribution in [0.4, 0.5) is 4.79 Å². The molecule has 0 spiro atoms. The number of hydrogen-bond acceptors (Lipinski definition) is 4. The van der Waals surface area contributed by atoms with Crippen molar-refractivity contribution in [1.82, 2.24) is 9.21 Å². The number of carbonyl (C=O) groups excluding carboxylic acids is 1. The van der Waals surface area contributed by atoms with Crippen molar-refractivity contribution in [2.75, 3.05) is 19.6 Å². The van der Waals surface area contributed by atoms with Crippen molar-refractivity contribution >= 4 is 16.1 Å². The molecule has 0 saturated carbocycles. The van der Waals surface area contributed by atoms with Gasteiger partial charge in [-0.1, -0.05) is 0 Å². The Morgan fingerprint density at radius 1 is 1.23 bits per heavy atom. The number of likely N-dealkylation sites (tertiary alicyclic amines) is 1. The van der Waals surface area contributed by atoms with E-state index < -0.39 is 20.4 Å². The zero-order chi connectivity index (χ0) is 16.8. The lowest BCUT2D eigenvalue weighted by Gasteiger charge is -2.38. The molecule has 0 aromatic heterocycles. The van der Waals surface area contributed by atoms with Crippen molar-refractivity contribution in [2.45, 2.75) is 70.3 Å². The molecular weight excluding hydrogens is 304 g/mol. The zero-order valence-corrected chi connectivity index (χ0v) is 15.1. The van der Waals surface area contributed by atoms with Gasteiger partial charge in [-0.15, -0.1) is 0 Å². The quantitative estimate of drug-likeness (QED) is 0.738. The van der Waals surface area contributed by atoms with Gasteiger partial charge in [0.05, 0.1) is 4.75 Å². The summed E-state index contributed by atoms with van der Waals surface area (Å²) < 4.78 is 31.5. The smallest absolute Gasteiger partial charge is 0.410 e. The van der Waals surface area contributed by atoms with Gasteiger partial charge in [-0.2, -0.15) is 4.31 Å². The van der Waals surface area contributed by atoms with Crippen LogP contribution in [0.15, 0.2) is 0 Å². The van der Waals surface area contributed by atoms with Gasteiger partial charge in [0, 0.05) is 25.7 Å². The number of sulfonamides is 1. The summed E-state index contributed by atoms with van der Waals surface area (Å²) in [6, 6.07) is -0.131. The van der Waals surface area contributed by atoms with E-state index in [2.05, 4.69) is 0 Å². The molecule has 0 aromatic carbocycles. The summed E-state index contributed by atoms with van der Waals surface area (Å²) in [6.07, 6.45) is 1.89. The molecular formula is C15H28N2O4S. The summed E-state index contributed by atoms with van der Waals surface area (Å²) in [5.41, 5.74) is -0.536. The van der Waals surface area contributed by atoms with E-state index in [0.29, 0.717) is 26.1 Å². The molecule has 22 heavy (non-hydrogen) atoms. The Bertz CT molecular complexity index is 536. The Kier molecular flexibility index (Phi) is 4.52. The van der Waals surface area contributed by atoms with Crippen LogP contribution in [0.2, 0.25) is 0 Å². The van der Waals surface area contributed by atoms with Gasteiger partial charge >= 0.3 is 6.09 Å². The molecule has 7 heteroatoms. The Labute approximate surface area is 133 Å². The van der Waals surface area contributed by atoms with E-state index in [0.717, 1.165) is 12.8 Å². The lowest BCUT2D eigenvalue weighted by molar-refractivity contribution is 0.0158. The highest BCUT2D eigenvalue weighted by atomic mass is 32.2. The summed E-state index contributed by atoms with van der Waals surface area (Å²) in [6.45, 7) is 10.6. The molecule has 2 aliphatic rings. The fraction of sp³-hybridized carbons (Fsp3) is 0.933.